The summed E-state index contributed by atoms with van der Waals surface area (Å²) in [5, 5.41) is 0. The fourth-order valence-electron chi connectivity index (χ4n) is 2.15. The third-order valence-corrected chi connectivity index (χ3v) is 3.36. The fourth-order valence-corrected chi connectivity index (χ4v) is 2.15. The van der Waals surface area contributed by atoms with Gasteiger partial charge in [0.25, 0.3) is 0 Å². The SMILES string of the molecule is CCC(Oc1ccccc1C)C(N)c1ccccc1. The third-order valence-electron chi connectivity index (χ3n) is 3.36. The number of hydrogen-bond donors (Lipinski definition) is 1. The molecule has 100 valence electrons. The fraction of sp³-hybridized carbons (Fsp3) is 0.294. The van der Waals surface area contributed by atoms with Gasteiger partial charge in [0.05, 0.1) is 6.04 Å². The highest BCUT2D eigenvalue weighted by Gasteiger charge is 2.19. The van der Waals surface area contributed by atoms with Crippen LogP contribution in [0.2, 0.25) is 0 Å². The molecule has 0 heterocycles. The first-order chi connectivity index (χ1) is 9.22. The largest absolute Gasteiger partial charge is 0.488 e. The zero-order valence-corrected chi connectivity index (χ0v) is 11.5. The van der Waals surface area contributed by atoms with Crippen molar-refractivity contribution in [3.8, 4) is 5.75 Å². The predicted octanol–water partition coefficient (Wildman–Crippen LogP) is 3.85. The maximum Gasteiger partial charge on any atom is 0.122 e. The zero-order chi connectivity index (χ0) is 13.7. The molecular weight excluding hydrogens is 234 g/mol. The number of rotatable bonds is 5. The van der Waals surface area contributed by atoms with Gasteiger partial charge in [0.15, 0.2) is 0 Å². The first-order valence-electron chi connectivity index (χ1n) is 6.75. The second-order valence-corrected chi connectivity index (χ2v) is 4.77. The summed E-state index contributed by atoms with van der Waals surface area (Å²) >= 11 is 0. The van der Waals surface area contributed by atoms with Crippen LogP contribution in [0.1, 0.15) is 30.5 Å². The molecule has 0 spiro atoms. The van der Waals surface area contributed by atoms with Crippen LogP contribution >= 0.6 is 0 Å². The van der Waals surface area contributed by atoms with Crippen molar-refractivity contribution in [2.45, 2.75) is 32.4 Å². The van der Waals surface area contributed by atoms with Crippen LogP contribution in [0.4, 0.5) is 0 Å². The predicted molar refractivity (Wildman–Crippen MR) is 79.3 cm³/mol. The lowest BCUT2D eigenvalue weighted by Gasteiger charge is -2.25. The second kappa shape index (κ2) is 6.39. The molecule has 0 aliphatic heterocycles. The van der Waals surface area contributed by atoms with Crippen molar-refractivity contribution in [2.75, 3.05) is 0 Å². The Morgan fingerprint density at radius 3 is 2.26 bits per heavy atom. The van der Waals surface area contributed by atoms with Crippen LogP contribution in [-0.2, 0) is 0 Å². The molecule has 2 atom stereocenters. The van der Waals surface area contributed by atoms with Crippen LogP contribution < -0.4 is 10.5 Å². The Kier molecular flexibility index (Phi) is 4.58. The Labute approximate surface area is 115 Å². The molecular formula is C17H21NO. The molecule has 0 bridgehead atoms. The van der Waals surface area contributed by atoms with Crippen molar-refractivity contribution < 1.29 is 4.74 Å². The van der Waals surface area contributed by atoms with Crippen molar-refractivity contribution in [3.05, 3.63) is 65.7 Å². The van der Waals surface area contributed by atoms with Gasteiger partial charge in [-0.3, -0.25) is 0 Å². The zero-order valence-electron chi connectivity index (χ0n) is 11.5. The van der Waals surface area contributed by atoms with E-state index in [-0.39, 0.29) is 12.1 Å². The van der Waals surface area contributed by atoms with Gasteiger partial charge in [0.2, 0.25) is 0 Å². The van der Waals surface area contributed by atoms with Gasteiger partial charge >= 0.3 is 0 Å². The topological polar surface area (TPSA) is 35.2 Å². The van der Waals surface area contributed by atoms with E-state index in [0.717, 1.165) is 23.3 Å². The Balaban J connectivity index is 2.15. The van der Waals surface area contributed by atoms with E-state index in [4.69, 9.17) is 10.5 Å². The maximum atomic E-state index is 6.32. The van der Waals surface area contributed by atoms with Crippen molar-refractivity contribution >= 4 is 0 Å². The third kappa shape index (κ3) is 3.36. The van der Waals surface area contributed by atoms with Crippen LogP contribution in [0.25, 0.3) is 0 Å². The number of nitrogens with two attached hydrogens (primary N) is 1. The number of benzene rings is 2. The van der Waals surface area contributed by atoms with Gasteiger partial charge in [-0.25, -0.2) is 0 Å². The molecule has 0 aromatic heterocycles. The quantitative estimate of drug-likeness (QED) is 0.880. The minimum Gasteiger partial charge on any atom is -0.488 e. The van der Waals surface area contributed by atoms with Crippen LogP contribution in [0.15, 0.2) is 54.6 Å². The van der Waals surface area contributed by atoms with E-state index < -0.39 is 0 Å². The molecule has 0 aliphatic carbocycles. The van der Waals surface area contributed by atoms with Crippen LogP contribution in [0.3, 0.4) is 0 Å². The highest BCUT2D eigenvalue weighted by Crippen LogP contribution is 2.24. The van der Waals surface area contributed by atoms with E-state index in [1.165, 1.54) is 0 Å². The van der Waals surface area contributed by atoms with Gasteiger partial charge in [-0.05, 0) is 30.5 Å². The van der Waals surface area contributed by atoms with E-state index >= 15 is 0 Å². The van der Waals surface area contributed by atoms with Crippen molar-refractivity contribution in [2.24, 2.45) is 5.73 Å². The lowest BCUT2D eigenvalue weighted by Crippen LogP contribution is -2.31. The summed E-state index contributed by atoms with van der Waals surface area (Å²) < 4.78 is 6.09. The molecule has 0 fully saturated rings. The van der Waals surface area contributed by atoms with Crippen molar-refractivity contribution in [3.63, 3.8) is 0 Å². The van der Waals surface area contributed by atoms with Gasteiger partial charge < -0.3 is 10.5 Å². The molecule has 2 nitrogen and oxygen atoms in total. The number of ether oxygens (including phenoxy) is 1. The smallest absolute Gasteiger partial charge is 0.122 e. The second-order valence-electron chi connectivity index (χ2n) is 4.77. The van der Waals surface area contributed by atoms with Gasteiger partial charge in [-0.2, -0.15) is 0 Å². The summed E-state index contributed by atoms with van der Waals surface area (Å²) in [5.74, 6) is 0.917. The highest BCUT2D eigenvalue weighted by atomic mass is 16.5. The number of hydrogen-bond acceptors (Lipinski definition) is 2. The molecule has 0 amide bonds. The molecule has 19 heavy (non-hydrogen) atoms. The Morgan fingerprint density at radius 2 is 1.63 bits per heavy atom. The summed E-state index contributed by atoms with van der Waals surface area (Å²) in [4.78, 5) is 0. The van der Waals surface area contributed by atoms with E-state index in [9.17, 15) is 0 Å². The lowest BCUT2D eigenvalue weighted by molar-refractivity contribution is 0.165. The van der Waals surface area contributed by atoms with Gasteiger partial charge in [0.1, 0.15) is 11.9 Å². The Hall–Kier alpha value is -1.80. The van der Waals surface area contributed by atoms with Gasteiger partial charge in [-0.1, -0.05) is 55.5 Å². The highest BCUT2D eigenvalue weighted by molar-refractivity contribution is 5.32. The minimum absolute atomic E-state index is 0.0106. The summed E-state index contributed by atoms with van der Waals surface area (Å²) in [7, 11) is 0. The average molecular weight is 255 g/mol. The maximum absolute atomic E-state index is 6.32. The molecule has 2 aromatic carbocycles. The lowest BCUT2D eigenvalue weighted by atomic mass is 10.0. The molecule has 2 heteroatoms. The monoisotopic (exact) mass is 255 g/mol. The number of aryl methyl sites for hydroxylation is 1. The first kappa shape index (κ1) is 13.6. The summed E-state index contributed by atoms with van der Waals surface area (Å²) in [6.07, 6.45) is 0.869. The van der Waals surface area contributed by atoms with Crippen LogP contribution in [0.5, 0.6) is 5.75 Å². The molecule has 2 unspecified atom stereocenters. The van der Waals surface area contributed by atoms with E-state index in [1.807, 2.05) is 36.4 Å². The molecule has 2 N–H and O–H groups in total. The molecule has 0 saturated carbocycles. The van der Waals surface area contributed by atoms with Gasteiger partial charge in [-0.15, -0.1) is 0 Å². The minimum atomic E-state index is -0.106. The standard InChI is InChI=1S/C17H21NO/c1-3-15(17(18)14-10-5-4-6-11-14)19-16-12-8-7-9-13(16)2/h4-12,15,17H,3,18H2,1-2H3. The Bertz CT molecular complexity index is 510. The molecule has 0 radical (unpaired) electrons. The van der Waals surface area contributed by atoms with E-state index in [1.54, 1.807) is 0 Å². The van der Waals surface area contributed by atoms with Crippen molar-refractivity contribution in [1.29, 1.82) is 0 Å². The van der Waals surface area contributed by atoms with Crippen LogP contribution in [-0.4, -0.2) is 6.10 Å². The molecule has 2 aromatic rings. The molecule has 0 saturated heterocycles. The summed E-state index contributed by atoms with van der Waals surface area (Å²) in [5.41, 5.74) is 8.58. The molecule has 0 aliphatic rings. The first-order valence-corrected chi connectivity index (χ1v) is 6.75. The normalized spacial score (nSPS) is 13.8. The summed E-state index contributed by atoms with van der Waals surface area (Å²) in [6, 6.07) is 18.1. The van der Waals surface area contributed by atoms with Gasteiger partial charge in [0, 0.05) is 0 Å². The Morgan fingerprint density at radius 1 is 1.00 bits per heavy atom. The molecule has 2 rings (SSSR count). The van der Waals surface area contributed by atoms with Crippen molar-refractivity contribution in [1.82, 2.24) is 0 Å². The van der Waals surface area contributed by atoms with E-state index in [2.05, 4.69) is 32.0 Å². The summed E-state index contributed by atoms with van der Waals surface area (Å²) in [6.45, 7) is 4.15. The number of para-hydroxylation sites is 1. The van der Waals surface area contributed by atoms with E-state index in [0.29, 0.717) is 0 Å². The van der Waals surface area contributed by atoms with Crippen LogP contribution in [0, 0.1) is 6.92 Å². The average Bonchev–Trinajstić information content (AvgIpc) is 2.47.